The fourth-order valence-corrected chi connectivity index (χ4v) is 5.68. The van der Waals surface area contributed by atoms with E-state index in [1.54, 1.807) is 36.1 Å². The lowest BCUT2D eigenvalue weighted by Crippen LogP contribution is -2.56. The van der Waals surface area contributed by atoms with E-state index in [1.807, 2.05) is 4.90 Å². The molecule has 1 aromatic carbocycles. The molecule has 47 heavy (non-hydrogen) atoms. The smallest absolute Gasteiger partial charge is 0.409 e. The molecule has 0 spiro atoms. The molecule has 15 nitrogen and oxygen atoms in total. The van der Waals surface area contributed by atoms with Crippen LogP contribution in [0.25, 0.3) is 10.9 Å². The van der Waals surface area contributed by atoms with E-state index in [9.17, 15) is 33.9 Å². The Morgan fingerprint density at radius 2 is 1.55 bits per heavy atom. The Morgan fingerprint density at radius 1 is 0.915 bits per heavy atom. The van der Waals surface area contributed by atoms with Gasteiger partial charge in [0.1, 0.15) is 17.5 Å². The summed E-state index contributed by atoms with van der Waals surface area (Å²) in [5, 5.41) is 12.5. The summed E-state index contributed by atoms with van der Waals surface area (Å²) in [5.41, 5.74) is 0.358. The molecule has 3 fully saturated rings. The van der Waals surface area contributed by atoms with Crippen LogP contribution in [0.4, 0.5) is 4.79 Å². The summed E-state index contributed by atoms with van der Waals surface area (Å²) < 4.78 is 11.0. The number of para-hydroxylation sites is 1. The van der Waals surface area contributed by atoms with Gasteiger partial charge >= 0.3 is 12.1 Å². The standard InChI is InChI=1S/C32H40N6O9/c1-2-46-32(45)38-17-15-37(16-18-38)31(44)24(9-10-28(40)41)34-29(42)25-19-26(22-5-3-4-6-23(22)33-25)47-20-27(39)35-11-13-36(14-12-35)30(43)21-7-8-21/h3-6,19,21,24H,2,7-18,20H2,1H3,(H,34,42)(H,40,41)/t24-/m0/s1. The van der Waals surface area contributed by atoms with Gasteiger partial charge in [0.2, 0.25) is 11.8 Å². The molecule has 0 bridgehead atoms. The summed E-state index contributed by atoms with van der Waals surface area (Å²) >= 11 is 0. The van der Waals surface area contributed by atoms with E-state index in [0.29, 0.717) is 37.1 Å². The van der Waals surface area contributed by atoms with Crippen molar-refractivity contribution >= 4 is 46.6 Å². The van der Waals surface area contributed by atoms with Crippen molar-refractivity contribution in [3.63, 3.8) is 0 Å². The maximum absolute atomic E-state index is 13.5. The molecule has 2 saturated heterocycles. The number of hydrogen-bond donors (Lipinski definition) is 2. The van der Waals surface area contributed by atoms with Crippen LogP contribution in [0.1, 0.15) is 43.1 Å². The predicted octanol–water partition coefficient (Wildman–Crippen LogP) is 0.958. The van der Waals surface area contributed by atoms with Gasteiger partial charge in [-0.3, -0.25) is 24.0 Å². The molecule has 3 heterocycles. The van der Waals surface area contributed by atoms with E-state index < -0.39 is 29.9 Å². The Balaban J connectivity index is 1.24. The van der Waals surface area contributed by atoms with Gasteiger partial charge in [0, 0.05) is 76.1 Å². The normalized spacial score (nSPS) is 17.2. The van der Waals surface area contributed by atoms with Crippen molar-refractivity contribution in [3.05, 3.63) is 36.0 Å². The fourth-order valence-electron chi connectivity index (χ4n) is 5.68. The van der Waals surface area contributed by atoms with E-state index in [2.05, 4.69) is 10.3 Å². The lowest BCUT2D eigenvalue weighted by Gasteiger charge is -2.35. The molecule has 3 aliphatic rings. The van der Waals surface area contributed by atoms with Crippen molar-refractivity contribution in [2.24, 2.45) is 5.92 Å². The third-order valence-corrected chi connectivity index (χ3v) is 8.50. The number of carbonyl (C=O) groups is 6. The third-order valence-electron chi connectivity index (χ3n) is 8.50. The lowest BCUT2D eigenvalue weighted by atomic mass is 10.1. The number of carbonyl (C=O) groups excluding carboxylic acids is 5. The van der Waals surface area contributed by atoms with Gasteiger partial charge in [0.05, 0.1) is 12.1 Å². The minimum Gasteiger partial charge on any atom is -0.483 e. The molecule has 0 radical (unpaired) electrons. The van der Waals surface area contributed by atoms with Crippen LogP contribution >= 0.6 is 0 Å². The number of piperazine rings is 2. The fraction of sp³-hybridized carbons (Fsp3) is 0.531. The van der Waals surface area contributed by atoms with Gasteiger partial charge in [-0.25, -0.2) is 9.78 Å². The highest BCUT2D eigenvalue weighted by molar-refractivity contribution is 5.99. The van der Waals surface area contributed by atoms with Gasteiger partial charge in [-0.1, -0.05) is 12.1 Å². The topological polar surface area (TPSA) is 179 Å². The van der Waals surface area contributed by atoms with Crippen LogP contribution in [-0.4, -0.2) is 137 Å². The van der Waals surface area contributed by atoms with Crippen molar-refractivity contribution in [3.8, 4) is 5.75 Å². The molecule has 252 valence electrons. The highest BCUT2D eigenvalue weighted by atomic mass is 16.6. The predicted molar refractivity (Wildman–Crippen MR) is 166 cm³/mol. The Morgan fingerprint density at radius 3 is 2.21 bits per heavy atom. The Labute approximate surface area is 271 Å². The highest BCUT2D eigenvalue weighted by Gasteiger charge is 2.35. The second kappa shape index (κ2) is 15.1. The summed E-state index contributed by atoms with van der Waals surface area (Å²) in [6.45, 7) is 4.30. The Hall–Kier alpha value is -4.95. The number of amides is 5. The third kappa shape index (κ3) is 8.45. The van der Waals surface area contributed by atoms with Crippen molar-refractivity contribution in [1.82, 2.24) is 29.9 Å². The maximum atomic E-state index is 13.5. The molecule has 2 aliphatic heterocycles. The molecule has 2 N–H and O–H groups in total. The average molecular weight is 653 g/mol. The van der Waals surface area contributed by atoms with Gasteiger partial charge in [-0.2, -0.15) is 0 Å². The second-order valence-electron chi connectivity index (χ2n) is 11.8. The number of carboxylic acid groups (broad SMARTS) is 1. The number of hydrogen-bond acceptors (Lipinski definition) is 9. The molecular weight excluding hydrogens is 612 g/mol. The molecule has 5 amide bonds. The lowest BCUT2D eigenvalue weighted by molar-refractivity contribution is -0.141. The average Bonchev–Trinajstić information content (AvgIpc) is 3.94. The second-order valence-corrected chi connectivity index (χ2v) is 11.8. The number of ether oxygens (including phenoxy) is 2. The summed E-state index contributed by atoms with van der Waals surface area (Å²) in [7, 11) is 0. The van der Waals surface area contributed by atoms with Gasteiger partial charge in [-0.05, 0) is 38.3 Å². The molecule has 5 rings (SSSR count). The largest absolute Gasteiger partial charge is 0.483 e. The molecule has 2 aromatic rings. The number of aliphatic carboxylic acids is 1. The Bertz CT molecular complexity index is 1510. The zero-order valence-electron chi connectivity index (χ0n) is 26.4. The van der Waals surface area contributed by atoms with Crippen molar-refractivity contribution in [1.29, 1.82) is 0 Å². The SMILES string of the molecule is CCOC(=O)N1CCN(C(=O)[C@H](CCC(=O)O)NC(=O)c2cc(OCC(=O)N3CCN(C(=O)C4CC4)CC3)c3ccccc3n2)CC1. The van der Waals surface area contributed by atoms with Gasteiger partial charge in [-0.15, -0.1) is 0 Å². The first-order valence-electron chi connectivity index (χ1n) is 16.0. The van der Waals surface area contributed by atoms with Crippen molar-refractivity contribution < 1.29 is 43.3 Å². The highest BCUT2D eigenvalue weighted by Crippen LogP contribution is 2.31. The van der Waals surface area contributed by atoms with Crippen molar-refractivity contribution in [2.75, 3.05) is 65.6 Å². The minimum absolute atomic E-state index is 0.0707. The van der Waals surface area contributed by atoms with Crippen LogP contribution in [0.15, 0.2) is 30.3 Å². The number of nitrogens with one attached hydrogen (secondary N) is 1. The molecule has 0 unspecified atom stereocenters. The van der Waals surface area contributed by atoms with Crippen LogP contribution in [0.2, 0.25) is 0 Å². The number of nitrogens with zero attached hydrogens (tertiary/aromatic N) is 5. The quantitative estimate of drug-likeness (QED) is 0.355. The summed E-state index contributed by atoms with van der Waals surface area (Å²) in [6.07, 6.45) is 0.884. The molecule has 1 saturated carbocycles. The number of rotatable bonds is 11. The summed E-state index contributed by atoms with van der Waals surface area (Å²) in [5.74, 6) is -2.01. The first-order valence-corrected chi connectivity index (χ1v) is 16.0. The van der Waals surface area contributed by atoms with Gasteiger partial charge < -0.3 is 39.5 Å². The van der Waals surface area contributed by atoms with E-state index in [4.69, 9.17) is 9.47 Å². The maximum Gasteiger partial charge on any atom is 0.409 e. The van der Waals surface area contributed by atoms with Crippen LogP contribution in [0.3, 0.4) is 0 Å². The molecule has 1 aromatic heterocycles. The van der Waals surface area contributed by atoms with Crippen LogP contribution in [0, 0.1) is 5.92 Å². The zero-order valence-corrected chi connectivity index (χ0v) is 26.4. The van der Waals surface area contributed by atoms with Crippen LogP contribution in [0.5, 0.6) is 5.75 Å². The number of pyridine rings is 1. The zero-order chi connectivity index (χ0) is 33.5. The molecule has 15 heteroatoms. The minimum atomic E-state index is -1.16. The van der Waals surface area contributed by atoms with E-state index in [-0.39, 0.29) is 81.4 Å². The van der Waals surface area contributed by atoms with E-state index in [0.717, 1.165) is 12.8 Å². The first-order chi connectivity index (χ1) is 22.6. The number of carboxylic acids is 1. The van der Waals surface area contributed by atoms with E-state index >= 15 is 0 Å². The van der Waals surface area contributed by atoms with E-state index in [1.165, 1.54) is 15.9 Å². The number of benzene rings is 1. The molecular formula is C32H40N6O9. The summed E-state index contributed by atoms with van der Waals surface area (Å²) in [6, 6.07) is 7.19. The monoisotopic (exact) mass is 652 g/mol. The Kier molecular flexibility index (Phi) is 10.7. The van der Waals surface area contributed by atoms with Crippen LogP contribution < -0.4 is 10.1 Å². The molecule has 1 atom stereocenters. The number of aromatic nitrogens is 1. The molecule has 1 aliphatic carbocycles. The van der Waals surface area contributed by atoms with Crippen molar-refractivity contribution in [2.45, 2.75) is 38.6 Å². The van der Waals surface area contributed by atoms with Gasteiger partial charge in [0.15, 0.2) is 6.61 Å². The number of fused-ring (bicyclic) bond motifs is 1. The first kappa shape index (κ1) is 33.4. The summed E-state index contributed by atoms with van der Waals surface area (Å²) in [4.78, 5) is 86.6. The van der Waals surface area contributed by atoms with Gasteiger partial charge in [0.25, 0.3) is 11.8 Å². The van der Waals surface area contributed by atoms with Crippen LogP contribution in [-0.2, 0) is 23.9 Å².